The van der Waals surface area contributed by atoms with Gasteiger partial charge < -0.3 is 4.42 Å². The smallest absolute Gasteiger partial charge is 0.192 e. The van der Waals surface area contributed by atoms with Gasteiger partial charge in [0.15, 0.2) is 11.5 Å². The highest BCUT2D eigenvalue weighted by molar-refractivity contribution is 5.71. The van der Waals surface area contributed by atoms with E-state index in [1.807, 2.05) is 31.2 Å². The molecule has 0 bridgehead atoms. The number of aryl methyl sites for hydroxylation is 1. The van der Waals surface area contributed by atoms with Crippen molar-refractivity contribution >= 4 is 11.1 Å². The number of rotatable bonds is 1. The SMILES string of the molecule is CCC(C)C.Cc1nc2ccccc2o1. The quantitative estimate of drug-likeness (QED) is 0.697. The lowest BCUT2D eigenvalue weighted by Gasteiger charge is -1.90. The third kappa shape index (κ3) is 3.74. The van der Waals surface area contributed by atoms with Crippen LogP contribution in [0.4, 0.5) is 0 Å². The second kappa shape index (κ2) is 5.54. The predicted octanol–water partition coefficient (Wildman–Crippen LogP) is 4.19. The molecular weight excluding hydrogens is 186 g/mol. The molecule has 2 heteroatoms. The molecule has 0 atom stereocenters. The van der Waals surface area contributed by atoms with E-state index in [0.29, 0.717) is 0 Å². The van der Waals surface area contributed by atoms with E-state index in [9.17, 15) is 0 Å². The van der Waals surface area contributed by atoms with Crippen LogP contribution in [-0.4, -0.2) is 4.98 Å². The molecule has 0 saturated heterocycles. The zero-order valence-corrected chi connectivity index (χ0v) is 9.95. The van der Waals surface area contributed by atoms with E-state index in [4.69, 9.17) is 4.42 Å². The van der Waals surface area contributed by atoms with Gasteiger partial charge in [-0.2, -0.15) is 0 Å². The second-order valence-electron chi connectivity index (χ2n) is 4.00. The normalized spacial score (nSPS) is 10.2. The number of fused-ring (bicyclic) bond motifs is 1. The topological polar surface area (TPSA) is 26.0 Å². The zero-order chi connectivity index (χ0) is 11.3. The van der Waals surface area contributed by atoms with E-state index in [2.05, 4.69) is 25.8 Å². The number of para-hydroxylation sites is 2. The molecule has 82 valence electrons. The molecule has 2 aromatic rings. The Morgan fingerprint density at radius 3 is 2.40 bits per heavy atom. The molecule has 0 aliphatic carbocycles. The summed E-state index contributed by atoms with van der Waals surface area (Å²) in [5.74, 6) is 1.61. The Hall–Kier alpha value is -1.31. The van der Waals surface area contributed by atoms with Gasteiger partial charge in [-0.05, 0) is 18.1 Å². The lowest BCUT2D eigenvalue weighted by molar-refractivity contribution is 0.561. The van der Waals surface area contributed by atoms with Crippen LogP contribution in [0, 0.1) is 12.8 Å². The Balaban J connectivity index is 0.000000195. The molecule has 1 aromatic carbocycles. The van der Waals surface area contributed by atoms with Crippen molar-refractivity contribution in [1.82, 2.24) is 4.98 Å². The summed E-state index contributed by atoms with van der Waals surface area (Å²) in [6.07, 6.45) is 1.31. The van der Waals surface area contributed by atoms with Crippen LogP contribution in [0.1, 0.15) is 33.1 Å². The van der Waals surface area contributed by atoms with Gasteiger partial charge in [-0.1, -0.05) is 39.3 Å². The van der Waals surface area contributed by atoms with Gasteiger partial charge in [-0.25, -0.2) is 4.98 Å². The van der Waals surface area contributed by atoms with Gasteiger partial charge >= 0.3 is 0 Å². The van der Waals surface area contributed by atoms with Crippen molar-refractivity contribution in [2.45, 2.75) is 34.1 Å². The summed E-state index contributed by atoms with van der Waals surface area (Å²) in [4.78, 5) is 4.15. The first-order valence-electron chi connectivity index (χ1n) is 5.45. The Kier molecular flexibility index (Phi) is 4.35. The van der Waals surface area contributed by atoms with Gasteiger partial charge in [0.05, 0.1) is 0 Å². The molecule has 0 spiro atoms. The maximum atomic E-state index is 5.26. The number of hydrogen-bond donors (Lipinski definition) is 0. The monoisotopic (exact) mass is 205 g/mol. The molecule has 0 radical (unpaired) electrons. The Morgan fingerprint density at radius 2 is 1.87 bits per heavy atom. The van der Waals surface area contributed by atoms with Gasteiger partial charge in [0.25, 0.3) is 0 Å². The molecule has 1 heterocycles. The molecule has 0 aliphatic rings. The minimum Gasteiger partial charge on any atom is -0.441 e. The summed E-state index contributed by atoms with van der Waals surface area (Å²) in [5.41, 5.74) is 1.79. The highest BCUT2D eigenvalue weighted by Gasteiger charge is 1.97. The largest absolute Gasteiger partial charge is 0.441 e. The van der Waals surface area contributed by atoms with Crippen molar-refractivity contribution in [3.8, 4) is 0 Å². The average Bonchev–Trinajstić information content (AvgIpc) is 2.58. The molecule has 2 rings (SSSR count). The van der Waals surface area contributed by atoms with Crippen LogP contribution in [0.15, 0.2) is 28.7 Å². The van der Waals surface area contributed by atoms with Crippen molar-refractivity contribution in [3.05, 3.63) is 30.2 Å². The van der Waals surface area contributed by atoms with Crippen molar-refractivity contribution < 1.29 is 4.42 Å². The van der Waals surface area contributed by atoms with Gasteiger partial charge in [0.1, 0.15) is 5.52 Å². The highest BCUT2D eigenvalue weighted by atomic mass is 16.3. The predicted molar refractivity (Wildman–Crippen MR) is 63.9 cm³/mol. The fourth-order valence-corrected chi connectivity index (χ4v) is 0.987. The molecule has 1 aromatic heterocycles. The van der Waals surface area contributed by atoms with Crippen molar-refractivity contribution in [1.29, 1.82) is 0 Å². The third-order valence-corrected chi connectivity index (χ3v) is 2.22. The van der Waals surface area contributed by atoms with Crippen molar-refractivity contribution in [2.24, 2.45) is 5.92 Å². The number of aromatic nitrogens is 1. The lowest BCUT2D eigenvalue weighted by Crippen LogP contribution is -1.77. The van der Waals surface area contributed by atoms with Crippen LogP contribution >= 0.6 is 0 Å². The van der Waals surface area contributed by atoms with E-state index in [1.54, 1.807) is 0 Å². The maximum absolute atomic E-state index is 5.26. The molecule has 0 saturated carbocycles. The van der Waals surface area contributed by atoms with E-state index < -0.39 is 0 Å². The molecule has 15 heavy (non-hydrogen) atoms. The Morgan fingerprint density at radius 1 is 1.27 bits per heavy atom. The lowest BCUT2D eigenvalue weighted by atomic mass is 10.2. The second-order valence-corrected chi connectivity index (χ2v) is 4.00. The zero-order valence-electron chi connectivity index (χ0n) is 9.95. The first-order chi connectivity index (χ1) is 7.13. The fraction of sp³-hybridized carbons (Fsp3) is 0.462. The molecular formula is C13H19NO. The number of benzene rings is 1. The minimum atomic E-state index is 0.723. The highest BCUT2D eigenvalue weighted by Crippen LogP contribution is 2.12. The molecule has 0 amide bonds. The van der Waals surface area contributed by atoms with Gasteiger partial charge in [-0.15, -0.1) is 0 Å². The maximum Gasteiger partial charge on any atom is 0.192 e. The third-order valence-electron chi connectivity index (χ3n) is 2.22. The van der Waals surface area contributed by atoms with Crippen LogP contribution in [0.5, 0.6) is 0 Å². The molecule has 0 aliphatic heterocycles. The minimum absolute atomic E-state index is 0.723. The van der Waals surface area contributed by atoms with Crippen LogP contribution in [0.3, 0.4) is 0 Å². The first kappa shape index (κ1) is 11.8. The molecule has 0 fully saturated rings. The van der Waals surface area contributed by atoms with Crippen molar-refractivity contribution in [2.75, 3.05) is 0 Å². The van der Waals surface area contributed by atoms with Gasteiger partial charge in [0.2, 0.25) is 0 Å². The summed E-state index contributed by atoms with van der Waals surface area (Å²) < 4.78 is 5.26. The summed E-state index contributed by atoms with van der Waals surface area (Å²) >= 11 is 0. The van der Waals surface area contributed by atoms with Crippen LogP contribution in [-0.2, 0) is 0 Å². The fourth-order valence-electron chi connectivity index (χ4n) is 0.987. The standard InChI is InChI=1S/C8H7NO.C5H12/c1-6-9-7-4-2-3-5-8(7)10-6;1-4-5(2)3/h2-5H,1H3;5H,4H2,1-3H3. The average molecular weight is 205 g/mol. The molecule has 0 N–H and O–H groups in total. The van der Waals surface area contributed by atoms with E-state index in [0.717, 1.165) is 22.9 Å². The summed E-state index contributed by atoms with van der Waals surface area (Å²) in [6.45, 7) is 8.49. The number of oxazole rings is 1. The van der Waals surface area contributed by atoms with E-state index in [-0.39, 0.29) is 0 Å². The number of nitrogens with zero attached hydrogens (tertiary/aromatic N) is 1. The Bertz CT molecular complexity index is 371. The van der Waals surface area contributed by atoms with E-state index >= 15 is 0 Å². The van der Waals surface area contributed by atoms with E-state index in [1.165, 1.54) is 6.42 Å². The van der Waals surface area contributed by atoms with Gasteiger partial charge in [-0.3, -0.25) is 0 Å². The molecule has 0 unspecified atom stereocenters. The van der Waals surface area contributed by atoms with Crippen molar-refractivity contribution in [3.63, 3.8) is 0 Å². The Labute approximate surface area is 91.3 Å². The molecule has 2 nitrogen and oxygen atoms in total. The van der Waals surface area contributed by atoms with Crippen LogP contribution < -0.4 is 0 Å². The van der Waals surface area contributed by atoms with Crippen LogP contribution in [0.25, 0.3) is 11.1 Å². The van der Waals surface area contributed by atoms with Crippen LogP contribution in [0.2, 0.25) is 0 Å². The first-order valence-corrected chi connectivity index (χ1v) is 5.45. The number of hydrogen-bond acceptors (Lipinski definition) is 2. The van der Waals surface area contributed by atoms with Gasteiger partial charge in [0, 0.05) is 6.92 Å². The summed E-state index contributed by atoms with van der Waals surface area (Å²) in [5, 5.41) is 0. The summed E-state index contributed by atoms with van der Waals surface area (Å²) in [7, 11) is 0. The summed E-state index contributed by atoms with van der Waals surface area (Å²) in [6, 6.07) is 7.73.